The zero-order valence-corrected chi connectivity index (χ0v) is 13.4. The number of ether oxygens (including phenoxy) is 2. The third kappa shape index (κ3) is 6.02. The van der Waals surface area contributed by atoms with E-state index in [0.717, 1.165) is 17.3 Å². The highest BCUT2D eigenvalue weighted by Gasteiger charge is 1.93. The molecule has 0 saturated heterocycles. The third-order valence-electron chi connectivity index (χ3n) is 2.61. The molecule has 0 aliphatic heterocycles. The summed E-state index contributed by atoms with van der Waals surface area (Å²) in [4.78, 5) is 1.27. The fraction of sp³-hybridized carbons (Fsp3) is 0.294. The molecule has 0 heterocycles. The normalized spacial score (nSPS) is 9.40. The van der Waals surface area contributed by atoms with Gasteiger partial charge in [0.05, 0.1) is 14.2 Å². The minimum atomic E-state index is 0.917. The van der Waals surface area contributed by atoms with Gasteiger partial charge in [-0.05, 0) is 43.0 Å². The van der Waals surface area contributed by atoms with E-state index < -0.39 is 0 Å². The van der Waals surface area contributed by atoms with Gasteiger partial charge >= 0.3 is 0 Å². The number of benzene rings is 2. The average Bonchev–Trinajstić information content (AvgIpc) is 2.49. The van der Waals surface area contributed by atoms with E-state index >= 15 is 0 Å². The van der Waals surface area contributed by atoms with E-state index in [2.05, 4.69) is 19.9 Å². The fourth-order valence-electron chi connectivity index (χ4n) is 1.53. The lowest BCUT2D eigenvalue weighted by Gasteiger charge is -2.01. The summed E-state index contributed by atoms with van der Waals surface area (Å²) in [5.41, 5.74) is 1.26. The summed E-state index contributed by atoms with van der Waals surface area (Å²) in [5, 5.41) is 0. The third-order valence-corrected chi connectivity index (χ3v) is 3.48. The predicted molar refractivity (Wildman–Crippen MR) is 87.1 cm³/mol. The topological polar surface area (TPSA) is 18.5 Å². The summed E-state index contributed by atoms with van der Waals surface area (Å²) in [6.45, 7) is 4.20. The van der Waals surface area contributed by atoms with Crippen molar-refractivity contribution in [1.29, 1.82) is 0 Å². The maximum Gasteiger partial charge on any atom is 0.119 e. The van der Waals surface area contributed by atoms with Crippen LogP contribution in [0.15, 0.2) is 53.4 Å². The van der Waals surface area contributed by atoms with Gasteiger partial charge in [-0.1, -0.05) is 30.7 Å². The van der Waals surface area contributed by atoms with E-state index in [1.807, 2.05) is 54.2 Å². The van der Waals surface area contributed by atoms with Crippen molar-refractivity contribution in [2.45, 2.75) is 18.7 Å². The molecule has 20 heavy (non-hydrogen) atoms. The van der Waals surface area contributed by atoms with Crippen LogP contribution in [0.1, 0.15) is 12.5 Å². The molecule has 2 nitrogen and oxygen atoms in total. The highest BCUT2D eigenvalue weighted by Crippen LogP contribution is 2.21. The minimum Gasteiger partial charge on any atom is -0.497 e. The van der Waals surface area contributed by atoms with Crippen molar-refractivity contribution in [2.75, 3.05) is 20.0 Å². The highest BCUT2D eigenvalue weighted by molar-refractivity contribution is 7.99. The predicted octanol–water partition coefficient (Wildman–Crippen LogP) is 4.81. The molecule has 0 aliphatic carbocycles. The summed E-state index contributed by atoms with van der Waals surface area (Å²) in [5.74, 6) is 2.96. The average molecular weight is 290 g/mol. The Morgan fingerprint density at radius 2 is 1.55 bits per heavy atom. The van der Waals surface area contributed by atoms with Crippen molar-refractivity contribution in [3.8, 4) is 11.5 Å². The van der Waals surface area contributed by atoms with Crippen LogP contribution in [0.25, 0.3) is 0 Å². The minimum absolute atomic E-state index is 0.917. The summed E-state index contributed by atoms with van der Waals surface area (Å²) in [6, 6.07) is 16.1. The Balaban J connectivity index is 0.000000204. The molecule has 0 aliphatic rings. The van der Waals surface area contributed by atoms with Gasteiger partial charge in [-0.3, -0.25) is 0 Å². The van der Waals surface area contributed by atoms with Crippen LogP contribution in [0.3, 0.4) is 0 Å². The Hall–Kier alpha value is -1.61. The Labute approximate surface area is 126 Å². The molecule has 0 amide bonds. The molecule has 2 aromatic rings. The molecule has 0 N–H and O–H groups in total. The molecular formula is C17H22O2S. The van der Waals surface area contributed by atoms with Crippen molar-refractivity contribution >= 4 is 11.8 Å². The molecule has 108 valence electrons. The Morgan fingerprint density at radius 1 is 0.900 bits per heavy atom. The second kappa shape index (κ2) is 9.32. The van der Waals surface area contributed by atoms with Gasteiger partial charge < -0.3 is 9.47 Å². The van der Waals surface area contributed by atoms with Crippen LogP contribution in [0.2, 0.25) is 0 Å². The van der Waals surface area contributed by atoms with Gasteiger partial charge in [-0.2, -0.15) is 0 Å². The van der Waals surface area contributed by atoms with Crippen LogP contribution in [-0.2, 0) is 0 Å². The zero-order chi connectivity index (χ0) is 14.8. The molecular weight excluding hydrogens is 268 g/mol. The lowest BCUT2D eigenvalue weighted by Crippen LogP contribution is -1.81. The molecule has 0 unspecified atom stereocenters. The van der Waals surface area contributed by atoms with Crippen LogP contribution in [-0.4, -0.2) is 20.0 Å². The molecule has 0 radical (unpaired) electrons. The molecule has 0 bridgehead atoms. The van der Waals surface area contributed by atoms with E-state index in [0.29, 0.717) is 0 Å². The van der Waals surface area contributed by atoms with Gasteiger partial charge in [0.15, 0.2) is 0 Å². The van der Waals surface area contributed by atoms with Gasteiger partial charge in [0.25, 0.3) is 0 Å². The summed E-state index contributed by atoms with van der Waals surface area (Å²) >= 11 is 1.82. The molecule has 0 fully saturated rings. The Morgan fingerprint density at radius 3 is 2.10 bits per heavy atom. The molecule has 0 saturated carbocycles. The van der Waals surface area contributed by atoms with Crippen LogP contribution in [0.5, 0.6) is 11.5 Å². The Kier molecular flexibility index (Phi) is 7.66. The summed E-state index contributed by atoms with van der Waals surface area (Å²) < 4.78 is 10.1. The molecule has 2 aromatic carbocycles. The fourth-order valence-corrected chi connectivity index (χ4v) is 2.24. The van der Waals surface area contributed by atoms with Crippen LogP contribution in [0.4, 0.5) is 0 Å². The number of hydrogen-bond donors (Lipinski definition) is 0. The molecule has 3 heteroatoms. The lowest BCUT2D eigenvalue weighted by atomic mass is 10.2. The first kappa shape index (κ1) is 16.4. The van der Waals surface area contributed by atoms with E-state index in [-0.39, 0.29) is 0 Å². The number of hydrogen-bond acceptors (Lipinski definition) is 3. The maximum atomic E-state index is 5.09. The quantitative estimate of drug-likeness (QED) is 0.753. The van der Waals surface area contributed by atoms with E-state index in [1.54, 1.807) is 14.2 Å². The van der Waals surface area contributed by atoms with Crippen molar-refractivity contribution in [3.63, 3.8) is 0 Å². The first-order chi connectivity index (χ1) is 9.69. The molecule has 0 aromatic heterocycles. The van der Waals surface area contributed by atoms with Crippen LogP contribution in [0, 0.1) is 6.92 Å². The SMILES string of the molecule is CCSc1cccc(OC)c1.COc1ccc(C)cc1. The summed E-state index contributed by atoms with van der Waals surface area (Å²) in [7, 11) is 3.36. The molecule has 0 atom stereocenters. The second-order valence-electron chi connectivity index (χ2n) is 4.13. The number of aryl methyl sites for hydroxylation is 1. The van der Waals surface area contributed by atoms with Gasteiger partial charge in [-0.15, -0.1) is 11.8 Å². The Bertz CT molecular complexity index is 495. The number of methoxy groups -OCH3 is 2. The first-order valence-electron chi connectivity index (χ1n) is 6.57. The van der Waals surface area contributed by atoms with Gasteiger partial charge in [0, 0.05) is 4.90 Å². The summed E-state index contributed by atoms with van der Waals surface area (Å²) in [6.07, 6.45) is 0. The second-order valence-corrected chi connectivity index (χ2v) is 5.47. The van der Waals surface area contributed by atoms with Crippen molar-refractivity contribution in [3.05, 3.63) is 54.1 Å². The molecule has 0 spiro atoms. The standard InChI is InChI=1S/C9H12OS.C8H10O/c1-3-11-9-6-4-5-8(7-9)10-2;1-7-3-5-8(9-2)6-4-7/h4-7H,3H2,1-2H3;3-6H,1-2H3. The van der Waals surface area contributed by atoms with Crippen molar-refractivity contribution < 1.29 is 9.47 Å². The van der Waals surface area contributed by atoms with Gasteiger partial charge in [-0.25, -0.2) is 0 Å². The monoisotopic (exact) mass is 290 g/mol. The van der Waals surface area contributed by atoms with Gasteiger partial charge in [0.1, 0.15) is 11.5 Å². The number of rotatable bonds is 4. The molecule has 2 rings (SSSR count). The van der Waals surface area contributed by atoms with Gasteiger partial charge in [0.2, 0.25) is 0 Å². The van der Waals surface area contributed by atoms with Crippen molar-refractivity contribution in [2.24, 2.45) is 0 Å². The largest absolute Gasteiger partial charge is 0.497 e. The van der Waals surface area contributed by atoms with Crippen LogP contribution < -0.4 is 9.47 Å². The number of thioether (sulfide) groups is 1. The highest BCUT2D eigenvalue weighted by atomic mass is 32.2. The van der Waals surface area contributed by atoms with Crippen LogP contribution >= 0.6 is 11.8 Å². The van der Waals surface area contributed by atoms with E-state index in [9.17, 15) is 0 Å². The van der Waals surface area contributed by atoms with E-state index in [1.165, 1.54) is 10.5 Å². The van der Waals surface area contributed by atoms with E-state index in [4.69, 9.17) is 9.47 Å². The zero-order valence-electron chi connectivity index (χ0n) is 12.6. The maximum absolute atomic E-state index is 5.09. The van der Waals surface area contributed by atoms with Crippen molar-refractivity contribution in [1.82, 2.24) is 0 Å². The first-order valence-corrected chi connectivity index (χ1v) is 7.55. The lowest BCUT2D eigenvalue weighted by molar-refractivity contribution is 0.413. The smallest absolute Gasteiger partial charge is 0.119 e.